The van der Waals surface area contributed by atoms with Crippen LogP contribution >= 0.6 is 0 Å². The Kier molecular flexibility index (Phi) is 3.99. The smallest absolute Gasteiger partial charge is 0.254 e. The average Bonchev–Trinajstić information content (AvgIpc) is 2.23. The Morgan fingerprint density at radius 3 is 2.56 bits per heavy atom. The summed E-state index contributed by atoms with van der Waals surface area (Å²) in [6.07, 6.45) is 0.757. The Morgan fingerprint density at radius 2 is 2.00 bits per heavy atom. The van der Waals surface area contributed by atoms with Gasteiger partial charge in [-0.3, -0.25) is 4.79 Å². The minimum Gasteiger partial charge on any atom is -0.350 e. The van der Waals surface area contributed by atoms with Crippen molar-refractivity contribution in [1.82, 2.24) is 5.32 Å². The van der Waals surface area contributed by atoms with Gasteiger partial charge in [0.25, 0.3) is 5.91 Å². The molecule has 0 aliphatic carbocycles. The second-order valence-electron chi connectivity index (χ2n) is 3.86. The van der Waals surface area contributed by atoms with E-state index >= 15 is 0 Å². The minimum absolute atomic E-state index is 0.0303. The number of carbonyl (C=O) groups is 1. The van der Waals surface area contributed by atoms with Crippen LogP contribution in [0.4, 0.5) is 8.78 Å². The first kappa shape index (κ1) is 12.6. The maximum Gasteiger partial charge on any atom is 0.254 e. The Balaban J connectivity index is 2.96. The molecule has 1 amide bonds. The lowest BCUT2D eigenvalue weighted by molar-refractivity contribution is 0.0935. The third-order valence-corrected chi connectivity index (χ3v) is 2.48. The van der Waals surface area contributed by atoms with Crippen molar-refractivity contribution in [3.8, 4) is 0 Å². The lowest BCUT2D eigenvalue weighted by atomic mass is 10.1. The molecule has 0 aromatic heterocycles. The van der Waals surface area contributed by atoms with Crippen molar-refractivity contribution < 1.29 is 13.6 Å². The van der Waals surface area contributed by atoms with E-state index in [4.69, 9.17) is 0 Å². The van der Waals surface area contributed by atoms with Gasteiger partial charge in [-0.2, -0.15) is 0 Å². The van der Waals surface area contributed by atoms with Gasteiger partial charge in [0.05, 0.1) is 5.56 Å². The predicted molar refractivity (Wildman–Crippen MR) is 58.3 cm³/mol. The number of hydrogen-bond acceptors (Lipinski definition) is 1. The van der Waals surface area contributed by atoms with Crippen molar-refractivity contribution in [2.75, 3.05) is 0 Å². The standard InChI is InChI=1S/C12H15F2NO/c1-4-8(3)15-12(16)9-5-7(2)10(13)6-11(9)14/h5-6,8H,4H2,1-3H3,(H,15,16). The van der Waals surface area contributed by atoms with Gasteiger partial charge in [-0.15, -0.1) is 0 Å². The fourth-order valence-electron chi connectivity index (χ4n) is 1.23. The van der Waals surface area contributed by atoms with Gasteiger partial charge in [-0.25, -0.2) is 8.78 Å². The molecule has 1 aromatic carbocycles. The normalized spacial score (nSPS) is 12.3. The molecule has 2 nitrogen and oxygen atoms in total. The summed E-state index contributed by atoms with van der Waals surface area (Å²) in [6, 6.07) is 1.93. The van der Waals surface area contributed by atoms with Crippen molar-refractivity contribution in [2.24, 2.45) is 0 Å². The Bertz CT molecular complexity index is 404. The van der Waals surface area contributed by atoms with Crippen molar-refractivity contribution in [2.45, 2.75) is 33.2 Å². The number of nitrogens with one attached hydrogen (secondary N) is 1. The van der Waals surface area contributed by atoms with E-state index in [2.05, 4.69) is 5.32 Å². The van der Waals surface area contributed by atoms with Crippen LogP contribution in [-0.2, 0) is 0 Å². The third kappa shape index (κ3) is 2.78. The molecule has 0 bridgehead atoms. The van der Waals surface area contributed by atoms with Gasteiger partial charge in [-0.05, 0) is 31.9 Å². The highest BCUT2D eigenvalue weighted by Gasteiger charge is 2.15. The molecule has 1 N–H and O–H groups in total. The van der Waals surface area contributed by atoms with E-state index in [-0.39, 0.29) is 17.2 Å². The quantitative estimate of drug-likeness (QED) is 0.845. The zero-order chi connectivity index (χ0) is 12.3. The summed E-state index contributed by atoms with van der Waals surface area (Å²) in [6.45, 7) is 5.23. The monoisotopic (exact) mass is 227 g/mol. The molecule has 0 aliphatic rings. The van der Waals surface area contributed by atoms with E-state index in [1.54, 1.807) is 0 Å². The molecule has 0 spiro atoms. The van der Waals surface area contributed by atoms with Crippen LogP contribution in [0.15, 0.2) is 12.1 Å². The van der Waals surface area contributed by atoms with E-state index in [0.29, 0.717) is 0 Å². The summed E-state index contributed by atoms with van der Waals surface area (Å²) in [7, 11) is 0. The molecule has 0 saturated heterocycles. The number of benzene rings is 1. The second kappa shape index (κ2) is 5.05. The summed E-state index contributed by atoms with van der Waals surface area (Å²) in [5.74, 6) is -1.98. The van der Waals surface area contributed by atoms with Crippen molar-refractivity contribution in [1.29, 1.82) is 0 Å². The van der Waals surface area contributed by atoms with Crippen LogP contribution in [-0.4, -0.2) is 11.9 Å². The Hall–Kier alpha value is -1.45. The minimum atomic E-state index is -0.830. The molecule has 16 heavy (non-hydrogen) atoms. The number of aryl methyl sites for hydroxylation is 1. The van der Waals surface area contributed by atoms with Crippen molar-refractivity contribution >= 4 is 5.91 Å². The van der Waals surface area contributed by atoms with Crippen LogP contribution in [0.2, 0.25) is 0 Å². The summed E-state index contributed by atoms with van der Waals surface area (Å²) in [4.78, 5) is 11.6. The predicted octanol–water partition coefficient (Wildman–Crippen LogP) is 2.80. The van der Waals surface area contributed by atoms with Gasteiger partial charge in [0.2, 0.25) is 0 Å². The van der Waals surface area contributed by atoms with Crippen LogP contribution in [0.1, 0.15) is 36.2 Å². The highest BCUT2D eigenvalue weighted by atomic mass is 19.1. The van der Waals surface area contributed by atoms with Crippen molar-refractivity contribution in [3.63, 3.8) is 0 Å². The number of rotatable bonds is 3. The van der Waals surface area contributed by atoms with Gasteiger partial charge in [0.1, 0.15) is 11.6 Å². The topological polar surface area (TPSA) is 29.1 Å². The molecular weight excluding hydrogens is 212 g/mol. The molecule has 0 saturated carbocycles. The molecule has 0 aliphatic heterocycles. The zero-order valence-electron chi connectivity index (χ0n) is 9.60. The highest BCUT2D eigenvalue weighted by Crippen LogP contribution is 2.14. The fraction of sp³-hybridized carbons (Fsp3) is 0.417. The average molecular weight is 227 g/mol. The van der Waals surface area contributed by atoms with Gasteiger partial charge in [-0.1, -0.05) is 6.92 Å². The maximum absolute atomic E-state index is 13.3. The van der Waals surface area contributed by atoms with Crippen LogP contribution in [0.3, 0.4) is 0 Å². The summed E-state index contributed by atoms with van der Waals surface area (Å²) in [5.41, 5.74) is 0.148. The van der Waals surface area contributed by atoms with Crippen LogP contribution in [0, 0.1) is 18.6 Å². The van der Waals surface area contributed by atoms with Gasteiger partial charge in [0, 0.05) is 12.1 Å². The SMILES string of the molecule is CCC(C)NC(=O)c1cc(C)c(F)cc1F. The first-order valence-electron chi connectivity index (χ1n) is 5.22. The molecule has 1 atom stereocenters. The van der Waals surface area contributed by atoms with Crippen LogP contribution in [0.25, 0.3) is 0 Å². The maximum atomic E-state index is 13.3. The molecule has 4 heteroatoms. The van der Waals surface area contributed by atoms with E-state index in [1.807, 2.05) is 13.8 Å². The summed E-state index contributed by atoms with van der Waals surface area (Å²) >= 11 is 0. The second-order valence-corrected chi connectivity index (χ2v) is 3.86. The number of hydrogen-bond donors (Lipinski definition) is 1. The van der Waals surface area contributed by atoms with E-state index in [1.165, 1.54) is 13.0 Å². The molecule has 1 unspecified atom stereocenters. The molecule has 0 radical (unpaired) electrons. The molecule has 1 rings (SSSR count). The zero-order valence-corrected chi connectivity index (χ0v) is 9.60. The van der Waals surface area contributed by atoms with Gasteiger partial charge in [0.15, 0.2) is 0 Å². The van der Waals surface area contributed by atoms with Gasteiger partial charge >= 0.3 is 0 Å². The van der Waals surface area contributed by atoms with Crippen LogP contribution in [0.5, 0.6) is 0 Å². The van der Waals surface area contributed by atoms with Gasteiger partial charge < -0.3 is 5.32 Å². The number of amides is 1. The Labute approximate surface area is 93.7 Å². The van der Waals surface area contributed by atoms with E-state index in [9.17, 15) is 13.6 Å². The summed E-state index contributed by atoms with van der Waals surface area (Å²) in [5, 5.41) is 2.63. The first-order chi connectivity index (χ1) is 7.45. The molecular formula is C12H15F2NO. The summed E-state index contributed by atoms with van der Waals surface area (Å²) < 4.78 is 26.3. The van der Waals surface area contributed by atoms with E-state index in [0.717, 1.165) is 12.5 Å². The lowest BCUT2D eigenvalue weighted by Gasteiger charge is -2.12. The van der Waals surface area contributed by atoms with Crippen molar-refractivity contribution in [3.05, 3.63) is 34.9 Å². The molecule has 0 heterocycles. The Morgan fingerprint density at radius 1 is 1.38 bits per heavy atom. The highest BCUT2D eigenvalue weighted by molar-refractivity contribution is 5.94. The molecule has 0 fully saturated rings. The third-order valence-electron chi connectivity index (χ3n) is 2.48. The molecule has 88 valence electrons. The molecule has 1 aromatic rings. The van der Waals surface area contributed by atoms with Crippen LogP contribution < -0.4 is 5.32 Å². The fourth-order valence-corrected chi connectivity index (χ4v) is 1.23. The first-order valence-corrected chi connectivity index (χ1v) is 5.22. The lowest BCUT2D eigenvalue weighted by Crippen LogP contribution is -2.32. The number of carbonyl (C=O) groups excluding carboxylic acids is 1. The van der Waals surface area contributed by atoms with E-state index < -0.39 is 17.5 Å². The number of halogens is 2. The largest absolute Gasteiger partial charge is 0.350 e.